The van der Waals surface area contributed by atoms with E-state index in [0.29, 0.717) is 18.7 Å². The molecule has 0 aliphatic carbocycles. The minimum atomic E-state index is -0.669. The summed E-state index contributed by atoms with van der Waals surface area (Å²) in [6.45, 7) is 6.81. The SMILES string of the molecule is C=CCOc1ccc(C2(C)Nc3ccccc3C(=O)N2CCc2ccccc2)cc1. The fraction of sp³-hybridized carbons (Fsp3) is 0.192. The molecule has 3 aromatic rings. The molecule has 1 heterocycles. The Balaban J connectivity index is 1.68. The van der Waals surface area contributed by atoms with Crippen LogP contribution in [0, 0.1) is 0 Å². The highest BCUT2D eigenvalue weighted by atomic mass is 16.5. The molecule has 1 N–H and O–H groups in total. The van der Waals surface area contributed by atoms with Gasteiger partial charge in [-0.15, -0.1) is 0 Å². The first kappa shape index (κ1) is 19.8. The van der Waals surface area contributed by atoms with Crippen LogP contribution in [0.1, 0.15) is 28.4 Å². The van der Waals surface area contributed by atoms with E-state index in [0.717, 1.165) is 23.4 Å². The monoisotopic (exact) mass is 398 g/mol. The molecule has 0 aromatic heterocycles. The van der Waals surface area contributed by atoms with Crippen molar-refractivity contribution in [3.05, 3.63) is 108 Å². The Labute approximate surface area is 177 Å². The number of benzene rings is 3. The van der Waals surface area contributed by atoms with Crippen LogP contribution < -0.4 is 10.1 Å². The summed E-state index contributed by atoms with van der Waals surface area (Å²) in [5, 5.41) is 3.62. The van der Waals surface area contributed by atoms with E-state index in [1.54, 1.807) is 6.08 Å². The van der Waals surface area contributed by atoms with Gasteiger partial charge in [-0.2, -0.15) is 0 Å². The topological polar surface area (TPSA) is 41.6 Å². The number of carbonyl (C=O) groups excluding carboxylic acids is 1. The maximum atomic E-state index is 13.5. The standard InChI is InChI=1S/C26H26N2O2/c1-3-19-30-22-15-13-21(14-16-22)26(2)27-24-12-8-7-11-23(24)25(29)28(26)18-17-20-9-5-4-6-10-20/h3-16,27H,1,17-19H2,2H3. The number of amides is 1. The summed E-state index contributed by atoms with van der Waals surface area (Å²) in [4.78, 5) is 15.4. The van der Waals surface area contributed by atoms with Gasteiger partial charge in [0.2, 0.25) is 0 Å². The molecule has 3 aromatic carbocycles. The van der Waals surface area contributed by atoms with Crippen LogP contribution in [0.2, 0.25) is 0 Å². The second-order valence-electron chi connectivity index (χ2n) is 7.56. The first-order chi connectivity index (χ1) is 14.6. The van der Waals surface area contributed by atoms with Crippen molar-refractivity contribution in [2.75, 3.05) is 18.5 Å². The van der Waals surface area contributed by atoms with E-state index >= 15 is 0 Å². The van der Waals surface area contributed by atoms with Gasteiger partial charge in [-0.1, -0.05) is 67.3 Å². The molecular formula is C26H26N2O2. The quantitative estimate of drug-likeness (QED) is 0.554. The van der Waals surface area contributed by atoms with E-state index in [-0.39, 0.29) is 5.91 Å². The van der Waals surface area contributed by atoms with E-state index in [4.69, 9.17) is 4.74 Å². The Morgan fingerprint density at radius 3 is 2.43 bits per heavy atom. The lowest BCUT2D eigenvalue weighted by molar-refractivity contribution is 0.0539. The van der Waals surface area contributed by atoms with Crippen LogP contribution in [0.3, 0.4) is 0 Å². The third kappa shape index (κ3) is 3.81. The molecule has 30 heavy (non-hydrogen) atoms. The van der Waals surface area contributed by atoms with Gasteiger partial charge in [0.1, 0.15) is 18.0 Å². The molecule has 0 saturated heterocycles. The third-order valence-electron chi connectivity index (χ3n) is 5.57. The van der Waals surface area contributed by atoms with Crippen molar-refractivity contribution in [3.8, 4) is 5.75 Å². The van der Waals surface area contributed by atoms with Gasteiger partial charge in [0, 0.05) is 12.2 Å². The lowest BCUT2D eigenvalue weighted by atomic mass is 9.93. The van der Waals surface area contributed by atoms with Gasteiger partial charge < -0.3 is 15.0 Å². The molecule has 4 nitrogen and oxygen atoms in total. The molecule has 0 bridgehead atoms. The number of nitrogens with zero attached hydrogens (tertiary/aromatic N) is 1. The van der Waals surface area contributed by atoms with Crippen LogP contribution in [0.5, 0.6) is 5.75 Å². The van der Waals surface area contributed by atoms with Crippen LogP contribution >= 0.6 is 0 Å². The molecule has 1 amide bonds. The van der Waals surface area contributed by atoms with Crippen molar-refractivity contribution < 1.29 is 9.53 Å². The molecular weight excluding hydrogens is 372 g/mol. The molecule has 0 spiro atoms. The summed E-state index contributed by atoms with van der Waals surface area (Å²) in [6, 6.07) is 25.9. The summed E-state index contributed by atoms with van der Waals surface area (Å²) in [5.74, 6) is 0.815. The number of anilines is 1. The fourth-order valence-electron chi connectivity index (χ4n) is 3.93. The van der Waals surface area contributed by atoms with Crippen LogP contribution in [-0.4, -0.2) is 24.0 Å². The first-order valence-electron chi connectivity index (χ1n) is 10.2. The molecule has 4 rings (SSSR count). The predicted octanol–water partition coefficient (Wildman–Crippen LogP) is 5.23. The van der Waals surface area contributed by atoms with E-state index in [2.05, 4.69) is 31.0 Å². The summed E-state index contributed by atoms with van der Waals surface area (Å²) in [7, 11) is 0. The largest absolute Gasteiger partial charge is 0.490 e. The van der Waals surface area contributed by atoms with Gasteiger partial charge in [0.05, 0.1) is 5.56 Å². The Morgan fingerprint density at radius 1 is 1.00 bits per heavy atom. The number of carbonyl (C=O) groups is 1. The maximum Gasteiger partial charge on any atom is 0.258 e. The number of nitrogens with one attached hydrogen (secondary N) is 1. The summed E-state index contributed by atoms with van der Waals surface area (Å²) >= 11 is 0. The zero-order valence-corrected chi connectivity index (χ0v) is 17.2. The summed E-state index contributed by atoms with van der Waals surface area (Å²) in [6.07, 6.45) is 2.51. The average Bonchev–Trinajstić information content (AvgIpc) is 2.78. The zero-order chi connectivity index (χ0) is 21.0. The van der Waals surface area contributed by atoms with Crippen molar-refractivity contribution in [1.82, 2.24) is 4.90 Å². The third-order valence-corrected chi connectivity index (χ3v) is 5.57. The number of para-hydroxylation sites is 1. The van der Waals surface area contributed by atoms with Crippen LogP contribution in [0.15, 0.2) is 91.5 Å². The van der Waals surface area contributed by atoms with Crippen molar-refractivity contribution in [3.63, 3.8) is 0 Å². The minimum absolute atomic E-state index is 0.0368. The molecule has 1 unspecified atom stereocenters. The number of hydrogen-bond donors (Lipinski definition) is 1. The highest BCUT2D eigenvalue weighted by molar-refractivity contribution is 6.02. The lowest BCUT2D eigenvalue weighted by Gasteiger charge is -2.47. The van der Waals surface area contributed by atoms with Gasteiger partial charge in [-0.3, -0.25) is 4.79 Å². The van der Waals surface area contributed by atoms with E-state index in [1.165, 1.54) is 5.56 Å². The average molecular weight is 399 g/mol. The Bertz CT molecular complexity index is 1030. The van der Waals surface area contributed by atoms with E-state index < -0.39 is 5.66 Å². The highest BCUT2D eigenvalue weighted by Crippen LogP contribution is 2.38. The fourth-order valence-corrected chi connectivity index (χ4v) is 3.93. The number of ether oxygens (including phenoxy) is 1. The Morgan fingerprint density at radius 2 is 1.70 bits per heavy atom. The van der Waals surface area contributed by atoms with Crippen molar-refractivity contribution in [2.45, 2.75) is 19.0 Å². The Kier molecular flexibility index (Phi) is 5.57. The second kappa shape index (κ2) is 8.46. The van der Waals surface area contributed by atoms with Crippen LogP contribution in [0.4, 0.5) is 5.69 Å². The van der Waals surface area contributed by atoms with E-state index in [9.17, 15) is 4.79 Å². The molecule has 0 fully saturated rings. The van der Waals surface area contributed by atoms with Gasteiger partial charge in [0.25, 0.3) is 5.91 Å². The van der Waals surface area contributed by atoms with Crippen LogP contribution in [0.25, 0.3) is 0 Å². The van der Waals surface area contributed by atoms with Gasteiger partial charge >= 0.3 is 0 Å². The lowest BCUT2D eigenvalue weighted by Crippen LogP contribution is -2.56. The normalized spacial score (nSPS) is 17.8. The van der Waals surface area contributed by atoms with Gasteiger partial charge in [-0.05, 0) is 48.7 Å². The first-order valence-corrected chi connectivity index (χ1v) is 10.2. The van der Waals surface area contributed by atoms with Gasteiger partial charge in [-0.25, -0.2) is 0 Å². The number of hydrogen-bond acceptors (Lipinski definition) is 3. The van der Waals surface area contributed by atoms with Crippen LogP contribution in [-0.2, 0) is 12.1 Å². The molecule has 0 radical (unpaired) electrons. The maximum absolute atomic E-state index is 13.5. The van der Waals surface area contributed by atoms with Crippen molar-refractivity contribution in [1.29, 1.82) is 0 Å². The summed E-state index contributed by atoms with van der Waals surface area (Å²) < 4.78 is 5.62. The highest BCUT2D eigenvalue weighted by Gasteiger charge is 2.42. The number of fused-ring (bicyclic) bond motifs is 1. The molecule has 1 atom stereocenters. The molecule has 4 heteroatoms. The van der Waals surface area contributed by atoms with Crippen molar-refractivity contribution in [2.24, 2.45) is 0 Å². The zero-order valence-electron chi connectivity index (χ0n) is 17.2. The smallest absolute Gasteiger partial charge is 0.258 e. The Hall–Kier alpha value is -3.53. The molecule has 1 aliphatic rings. The predicted molar refractivity (Wildman–Crippen MR) is 121 cm³/mol. The minimum Gasteiger partial charge on any atom is -0.490 e. The second-order valence-corrected chi connectivity index (χ2v) is 7.56. The van der Waals surface area contributed by atoms with Crippen molar-refractivity contribution >= 4 is 11.6 Å². The molecule has 152 valence electrons. The van der Waals surface area contributed by atoms with Gasteiger partial charge in [0.15, 0.2) is 0 Å². The summed E-state index contributed by atoms with van der Waals surface area (Å²) in [5.41, 5.74) is 3.10. The molecule has 1 aliphatic heterocycles. The van der Waals surface area contributed by atoms with E-state index in [1.807, 2.05) is 71.6 Å². The number of rotatable bonds is 7. The molecule has 0 saturated carbocycles.